The summed E-state index contributed by atoms with van der Waals surface area (Å²) in [5.41, 5.74) is 2.77. The number of piperidine rings is 1. The van der Waals surface area contributed by atoms with Gasteiger partial charge >= 0.3 is 0 Å². The van der Waals surface area contributed by atoms with Gasteiger partial charge in [0.15, 0.2) is 5.78 Å². The molecular weight excluding hydrogens is 366 g/mol. The van der Waals surface area contributed by atoms with Gasteiger partial charge in [0.2, 0.25) is 0 Å². The molecule has 1 aliphatic heterocycles. The summed E-state index contributed by atoms with van der Waals surface area (Å²) in [5.74, 6) is 2.38. The van der Waals surface area contributed by atoms with E-state index in [1.165, 1.54) is 0 Å². The Morgan fingerprint density at radius 3 is 2.76 bits per heavy atom. The number of ether oxygens (including phenoxy) is 2. The average Bonchev–Trinajstić information content (AvgIpc) is 3.08. The number of methoxy groups -OCH3 is 2. The third kappa shape index (κ3) is 3.85. The van der Waals surface area contributed by atoms with E-state index in [0.717, 1.165) is 49.3 Å². The van der Waals surface area contributed by atoms with Crippen molar-refractivity contribution in [3.63, 3.8) is 0 Å². The van der Waals surface area contributed by atoms with Crippen molar-refractivity contribution in [2.75, 3.05) is 27.3 Å². The van der Waals surface area contributed by atoms with Crippen LogP contribution in [0.4, 0.5) is 0 Å². The highest BCUT2D eigenvalue weighted by molar-refractivity contribution is 6.00. The Hall–Kier alpha value is -2.86. The fourth-order valence-corrected chi connectivity index (χ4v) is 4.17. The van der Waals surface area contributed by atoms with E-state index in [-0.39, 0.29) is 11.7 Å². The van der Waals surface area contributed by atoms with E-state index < -0.39 is 0 Å². The second kappa shape index (κ2) is 8.25. The maximum absolute atomic E-state index is 13.2. The highest BCUT2D eigenvalue weighted by atomic mass is 16.5. The lowest BCUT2D eigenvalue weighted by Crippen LogP contribution is -2.38. The second-order valence-electron chi connectivity index (χ2n) is 7.58. The van der Waals surface area contributed by atoms with Gasteiger partial charge in [-0.25, -0.2) is 4.98 Å². The number of aryl methyl sites for hydroxylation is 1. The maximum atomic E-state index is 13.2. The summed E-state index contributed by atoms with van der Waals surface area (Å²) in [6.07, 6.45) is 1.89. The summed E-state index contributed by atoms with van der Waals surface area (Å²) >= 11 is 0. The van der Waals surface area contributed by atoms with E-state index in [9.17, 15) is 4.79 Å². The van der Waals surface area contributed by atoms with E-state index in [1.807, 2.05) is 30.3 Å². The van der Waals surface area contributed by atoms with Gasteiger partial charge in [-0.3, -0.25) is 9.69 Å². The number of likely N-dealkylation sites (tertiary alicyclic amines) is 1. The van der Waals surface area contributed by atoms with Crippen molar-refractivity contribution in [1.29, 1.82) is 0 Å². The van der Waals surface area contributed by atoms with Crippen LogP contribution < -0.4 is 9.47 Å². The van der Waals surface area contributed by atoms with Crippen molar-refractivity contribution >= 4 is 16.8 Å². The molecule has 0 spiro atoms. The molecule has 1 saturated heterocycles. The van der Waals surface area contributed by atoms with Crippen molar-refractivity contribution in [3.8, 4) is 11.5 Å². The molecule has 1 aromatic heterocycles. The smallest absolute Gasteiger partial charge is 0.170 e. The van der Waals surface area contributed by atoms with Crippen molar-refractivity contribution in [2.45, 2.75) is 19.4 Å². The molecule has 0 N–H and O–H groups in total. The molecule has 0 amide bonds. The zero-order valence-corrected chi connectivity index (χ0v) is 17.2. The maximum Gasteiger partial charge on any atom is 0.170 e. The van der Waals surface area contributed by atoms with Crippen LogP contribution in [0.3, 0.4) is 0 Å². The number of carbonyl (C=O) groups excluding carboxylic acids is 1. The third-order valence-corrected chi connectivity index (χ3v) is 5.80. The Bertz CT molecular complexity index is 1030. The Kier molecular flexibility index (Phi) is 5.53. The Labute approximate surface area is 171 Å². The minimum absolute atomic E-state index is 0.0410. The summed E-state index contributed by atoms with van der Waals surface area (Å²) in [4.78, 5) is 20.3. The number of benzene rings is 2. The van der Waals surface area contributed by atoms with Gasteiger partial charge in [0.1, 0.15) is 17.3 Å². The molecule has 1 atom stereocenters. The fourth-order valence-electron chi connectivity index (χ4n) is 4.17. The lowest BCUT2D eigenvalue weighted by molar-refractivity contribution is 0.0804. The van der Waals surface area contributed by atoms with Crippen LogP contribution in [0.5, 0.6) is 11.5 Å². The van der Waals surface area contributed by atoms with E-state index in [4.69, 9.17) is 14.5 Å². The first-order valence-electron chi connectivity index (χ1n) is 9.99. The van der Waals surface area contributed by atoms with Crippen LogP contribution in [0.25, 0.3) is 11.0 Å². The number of hydrogen-bond donors (Lipinski definition) is 0. The molecule has 2 heterocycles. The summed E-state index contributed by atoms with van der Waals surface area (Å²) in [6.45, 7) is 2.46. The minimum atomic E-state index is -0.0410. The molecule has 0 bridgehead atoms. The Morgan fingerprint density at radius 1 is 1.17 bits per heavy atom. The van der Waals surface area contributed by atoms with Gasteiger partial charge in [0.25, 0.3) is 0 Å². The van der Waals surface area contributed by atoms with Gasteiger partial charge in [-0.15, -0.1) is 0 Å². The van der Waals surface area contributed by atoms with Crippen LogP contribution in [0.1, 0.15) is 29.0 Å². The van der Waals surface area contributed by atoms with Crippen molar-refractivity contribution < 1.29 is 14.3 Å². The molecule has 1 aliphatic rings. The Morgan fingerprint density at radius 2 is 2.00 bits per heavy atom. The second-order valence-corrected chi connectivity index (χ2v) is 7.58. The van der Waals surface area contributed by atoms with E-state index in [1.54, 1.807) is 20.3 Å². The van der Waals surface area contributed by atoms with E-state index in [2.05, 4.69) is 22.6 Å². The molecule has 0 unspecified atom stereocenters. The number of imidazole rings is 1. The fraction of sp³-hybridized carbons (Fsp3) is 0.391. The van der Waals surface area contributed by atoms with Crippen LogP contribution in [0.2, 0.25) is 0 Å². The molecule has 0 saturated carbocycles. The van der Waals surface area contributed by atoms with Crippen molar-refractivity contribution in [2.24, 2.45) is 13.0 Å². The predicted octanol–water partition coefficient (Wildman–Crippen LogP) is 3.69. The lowest BCUT2D eigenvalue weighted by Gasteiger charge is -2.31. The molecule has 4 rings (SSSR count). The predicted molar refractivity (Wildman–Crippen MR) is 113 cm³/mol. The molecule has 0 aliphatic carbocycles. The summed E-state index contributed by atoms with van der Waals surface area (Å²) in [7, 11) is 5.25. The van der Waals surface area contributed by atoms with Crippen LogP contribution >= 0.6 is 0 Å². The number of para-hydroxylation sites is 2. The summed E-state index contributed by atoms with van der Waals surface area (Å²) in [6, 6.07) is 13.6. The average molecular weight is 393 g/mol. The molecule has 6 heteroatoms. The van der Waals surface area contributed by atoms with Gasteiger partial charge < -0.3 is 14.0 Å². The monoisotopic (exact) mass is 393 g/mol. The molecule has 2 aromatic carbocycles. The lowest BCUT2D eigenvalue weighted by atomic mass is 9.89. The number of hydrogen-bond acceptors (Lipinski definition) is 5. The first-order valence-corrected chi connectivity index (χ1v) is 9.99. The molecule has 152 valence electrons. The zero-order chi connectivity index (χ0) is 20.4. The molecule has 3 aromatic rings. The Balaban J connectivity index is 1.51. The number of carbonyl (C=O) groups is 1. The van der Waals surface area contributed by atoms with Gasteiger partial charge in [0, 0.05) is 25.6 Å². The normalized spacial score (nSPS) is 17.4. The quantitative estimate of drug-likeness (QED) is 0.598. The van der Waals surface area contributed by atoms with Crippen LogP contribution in [-0.4, -0.2) is 47.5 Å². The largest absolute Gasteiger partial charge is 0.497 e. The van der Waals surface area contributed by atoms with Gasteiger partial charge in [-0.1, -0.05) is 12.1 Å². The molecule has 0 radical (unpaired) electrons. The number of aromatic nitrogens is 2. The van der Waals surface area contributed by atoms with Gasteiger partial charge in [0.05, 0.1) is 37.4 Å². The summed E-state index contributed by atoms with van der Waals surface area (Å²) in [5, 5.41) is 0. The van der Waals surface area contributed by atoms with Crippen LogP contribution in [-0.2, 0) is 13.6 Å². The third-order valence-electron chi connectivity index (χ3n) is 5.80. The number of rotatable bonds is 6. The van der Waals surface area contributed by atoms with Crippen molar-refractivity contribution in [3.05, 3.63) is 53.9 Å². The first kappa shape index (κ1) is 19.5. The number of Topliss-reactive ketones (excluding diaryl/α,β-unsaturated/α-hetero) is 1. The SMILES string of the molecule is COc1ccc(C(=O)[C@H]2CCCN(Cc3nc4ccccc4n3C)C2)c(OC)c1. The van der Waals surface area contributed by atoms with E-state index >= 15 is 0 Å². The topological polar surface area (TPSA) is 56.6 Å². The first-order chi connectivity index (χ1) is 14.1. The molecule has 6 nitrogen and oxygen atoms in total. The van der Waals surface area contributed by atoms with Crippen LogP contribution in [0, 0.1) is 5.92 Å². The van der Waals surface area contributed by atoms with E-state index in [0.29, 0.717) is 17.1 Å². The number of fused-ring (bicyclic) bond motifs is 1. The van der Waals surface area contributed by atoms with Gasteiger partial charge in [-0.05, 0) is 43.7 Å². The van der Waals surface area contributed by atoms with Crippen LogP contribution in [0.15, 0.2) is 42.5 Å². The molecule has 29 heavy (non-hydrogen) atoms. The highest BCUT2D eigenvalue weighted by Crippen LogP contribution is 2.30. The molecular formula is C23H27N3O3. The molecule has 1 fully saturated rings. The minimum Gasteiger partial charge on any atom is -0.497 e. The zero-order valence-electron chi connectivity index (χ0n) is 17.2. The van der Waals surface area contributed by atoms with Gasteiger partial charge in [-0.2, -0.15) is 0 Å². The number of nitrogens with zero attached hydrogens (tertiary/aromatic N) is 3. The standard InChI is InChI=1S/C23H27N3O3/c1-25-20-9-5-4-8-19(20)24-22(25)15-26-12-6-7-16(14-26)23(27)18-11-10-17(28-2)13-21(18)29-3/h4-5,8-11,13,16H,6-7,12,14-15H2,1-3H3/t16-/m0/s1. The number of ketones is 1. The summed E-state index contributed by atoms with van der Waals surface area (Å²) < 4.78 is 12.8. The highest BCUT2D eigenvalue weighted by Gasteiger charge is 2.29. The van der Waals surface area contributed by atoms with Crippen molar-refractivity contribution in [1.82, 2.24) is 14.5 Å².